The zero-order valence-corrected chi connectivity index (χ0v) is 16.4. The lowest BCUT2D eigenvalue weighted by atomic mass is 10.1. The first-order chi connectivity index (χ1) is 12.5. The van der Waals surface area contributed by atoms with Crippen LogP contribution >= 0.6 is 11.3 Å². The summed E-state index contributed by atoms with van der Waals surface area (Å²) >= 11 is 1.02. The summed E-state index contributed by atoms with van der Waals surface area (Å²) in [5.41, 5.74) is -0.325. The van der Waals surface area contributed by atoms with Crippen LogP contribution < -0.4 is 10.6 Å². The molecule has 10 heteroatoms. The number of rotatable bonds is 5. The molecule has 0 saturated heterocycles. The SMILES string of the molecule is Cc1c(-c2ncco2)sc(NC(=O)N[C@@H](C)C(=O)OC(C)(C)C)c1C(=O)O. The molecule has 0 unspecified atom stereocenters. The third kappa shape index (κ3) is 5.07. The highest BCUT2D eigenvalue weighted by molar-refractivity contribution is 7.20. The van der Waals surface area contributed by atoms with Crippen LogP contribution in [-0.4, -0.2) is 39.7 Å². The summed E-state index contributed by atoms with van der Waals surface area (Å²) in [6, 6.07) is -1.64. The number of nitrogens with zero attached hydrogens (tertiary/aromatic N) is 1. The second kappa shape index (κ2) is 7.78. The number of oxazole rings is 1. The number of hydrogen-bond acceptors (Lipinski definition) is 7. The normalized spacial score (nSPS) is 12.3. The van der Waals surface area contributed by atoms with Gasteiger partial charge in [-0.25, -0.2) is 19.4 Å². The molecule has 0 aromatic carbocycles. The first-order valence-electron chi connectivity index (χ1n) is 8.06. The van der Waals surface area contributed by atoms with E-state index in [1.807, 2.05) is 0 Å². The van der Waals surface area contributed by atoms with E-state index in [2.05, 4.69) is 15.6 Å². The number of esters is 1. The standard InChI is InChI=1S/C17H21N3O6S/c1-8-10(14(21)22)13(27-11(8)12-18-6-7-25-12)20-16(24)19-9(2)15(23)26-17(3,4)5/h6-7,9H,1-5H3,(H,21,22)(H2,19,20,24)/t9-/m0/s1. The number of aromatic carboxylic acids is 1. The molecule has 0 bridgehead atoms. The lowest BCUT2D eigenvalue weighted by molar-refractivity contribution is -0.156. The summed E-state index contributed by atoms with van der Waals surface area (Å²) in [6.45, 7) is 8.23. The Labute approximate surface area is 159 Å². The third-order valence-corrected chi connectivity index (χ3v) is 4.52. The van der Waals surface area contributed by atoms with Crippen molar-refractivity contribution in [3.05, 3.63) is 23.6 Å². The van der Waals surface area contributed by atoms with Gasteiger partial charge < -0.3 is 19.6 Å². The number of carboxylic acid groups (broad SMARTS) is 1. The zero-order chi connectivity index (χ0) is 20.4. The molecule has 9 nitrogen and oxygen atoms in total. The maximum Gasteiger partial charge on any atom is 0.339 e. The van der Waals surface area contributed by atoms with E-state index in [0.717, 1.165) is 11.3 Å². The molecule has 1 atom stereocenters. The first kappa shape index (κ1) is 20.4. The van der Waals surface area contributed by atoms with Crippen molar-refractivity contribution in [3.8, 4) is 10.8 Å². The molecule has 2 aromatic rings. The second-order valence-corrected chi connectivity index (χ2v) is 7.78. The quantitative estimate of drug-likeness (QED) is 0.662. The average Bonchev–Trinajstić information content (AvgIpc) is 3.13. The number of aromatic nitrogens is 1. The summed E-state index contributed by atoms with van der Waals surface area (Å²) in [6.07, 6.45) is 2.81. The van der Waals surface area contributed by atoms with E-state index in [4.69, 9.17) is 9.15 Å². The summed E-state index contributed by atoms with van der Waals surface area (Å²) < 4.78 is 10.4. The number of carbonyl (C=O) groups excluding carboxylic acids is 2. The highest BCUT2D eigenvalue weighted by atomic mass is 32.1. The van der Waals surface area contributed by atoms with Crippen LogP contribution in [0.2, 0.25) is 0 Å². The van der Waals surface area contributed by atoms with Crippen molar-refractivity contribution in [2.24, 2.45) is 0 Å². The minimum Gasteiger partial charge on any atom is -0.478 e. The maximum atomic E-state index is 12.2. The molecule has 2 amide bonds. The Morgan fingerprint density at radius 3 is 2.52 bits per heavy atom. The first-order valence-corrected chi connectivity index (χ1v) is 8.88. The number of urea groups is 1. The minimum absolute atomic E-state index is 0.0618. The van der Waals surface area contributed by atoms with Gasteiger partial charge in [-0.05, 0) is 40.2 Å². The lowest BCUT2D eigenvalue weighted by Gasteiger charge is -2.22. The predicted octanol–water partition coefficient (Wildman–Crippen LogP) is 3.26. The van der Waals surface area contributed by atoms with Gasteiger partial charge in [-0.15, -0.1) is 11.3 Å². The summed E-state index contributed by atoms with van der Waals surface area (Å²) in [5.74, 6) is -1.54. The Hall–Kier alpha value is -2.88. The number of nitrogens with one attached hydrogen (secondary N) is 2. The van der Waals surface area contributed by atoms with Crippen molar-refractivity contribution in [2.45, 2.75) is 46.3 Å². The van der Waals surface area contributed by atoms with Crippen molar-refractivity contribution < 1.29 is 28.6 Å². The van der Waals surface area contributed by atoms with Gasteiger partial charge in [0.1, 0.15) is 22.9 Å². The van der Waals surface area contributed by atoms with Gasteiger partial charge in [0.2, 0.25) is 5.89 Å². The lowest BCUT2D eigenvalue weighted by Crippen LogP contribution is -2.44. The number of amides is 2. The molecule has 3 N–H and O–H groups in total. The molecule has 2 rings (SSSR count). The van der Waals surface area contributed by atoms with Crippen LogP contribution in [0.5, 0.6) is 0 Å². The highest BCUT2D eigenvalue weighted by Gasteiger charge is 2.26. The Morgan fingerprint density at radius 2 is 2.00 bits per heavy atom. The molecule has 0 aliphatic heterocycles. The van der Waals surface area contributed by atoms with Crippen LogP contribution in [0.1, 0.15) is 43.6 Å². The van der Waals surface area contributed by atoms with Crippen molar-refractivity contribution in [1.82, 2.24) is 10.3 Å². The molecule has 2 heterocycles. The molecule has 0 fully saturated rings. The molecule has 0 aliphatic rings. The van der Waals surface area contributed by atoms with Crippen molar-refractivity contribution >= 4 is 34.3 Å². The smallest absolute Gasteiger partial charge is 0.339 e. The molecule has 27 heavy (non-hydrogen) atoms. The second-order valence-electron chi connectivity index (χ2n) is 6.76. The van der Waals surface area contributed by atoms with Gasteiger partial charge in [0.15, 0.2) is 0 Å². The van der Waals surface area contributed by atoms with E-state index in [-0.39, 0.29) is 16.5 Å². The van der Waals surface area contributed by atoms with Gasteiger partial charge in [0.05, 0.1) is 16.6 Å². The number of ether oxygens (including phenoxy) is 1. The van der Waals surface area contributed by atoms with Gasteiger partial charge in [-0.3, -0.25) is 5.32 Å². The number of hydrogen-bond donors (Lipinski definition) is 3. The Bertz CT molecular complexity index is 851. The zero-order valence-electron chi connectivity index (χ0n) is 15.6. The van der Waals surface area contributed by atoms with Crippen LogP contribution in [0, 0.1) is 6.92 Å². The van der Waals surface area contributed by atoms with Crippen molar-refractivity contribution in [1.29, 1.82) is 0 Å². The third-order valence-electron chi connectivity index (χ3n) is 3.32. The minimum atomic E-state index is -1.20. The van der Waals surface area contributed by atoms with E-state index in [0.29, 0.717) is 10.4 Å². The Kier molecular flexibility index (Phi) is 5.89. The molecular formula is C17H21N3O6S. The Morgan fingerprint density at radius 1 is 1.33 bits per heavy atom. The largest absolute Gasteiger partial charge is 0.478 e. The van der Waals surface area contributed by atoms with Gasteiger partial charge in [0, 0.05) is 0 Å². The number of thiophene rings is 1. The number of anilines is 1. The fourth-order valence-electron chi connectivity index (χ4n) is 2.18. The molecule has 0 spiro atoms. The van der Waals surface area contributed by atoms with Crippen molar-refractivity contribution in [2.75, 3.05) is 5.32 Å². The van der Waals surface area contributed by atoms with E-state index < -0.39 is 29.6 Å². The van der Waals surface area contributed by atoms with Gasteiger partial charge >= 0.3 is 18.0 Å². The number of carbonyl (C=O) groups is 3. The van der Waals surface area contributed by atoms with Crippen LogP contribution in [-0.2, 0) is 9.53 Å². The van der Waals surface area contributed by atoms with E-state index in [1.165, 1.54) is 19.4 Å². The highest BCUT2D eigenvalue weighted by Crippen LogP contribution is 2.39. The van der Waals surface area contributed by atoms with Gasteiger partial charge in [-0.2, -0.15) is 0 Å². The van der Waals surface area contributed by atoms with E-state index in [9.17, 15) is 19.5 Å². The number of carboxylic acids is 1. The summed E-state index contributed by atoms with van der Waals surface area (Å²) in [7, 11) is 0. The van der Waals surface area contributed by atoms with Gasteiger partial charge in [0.25, 0.3) is 0 Å². The maximum absolute atomic E-state index is 12.2. The summed E-state index contributed by atoms with van der Waals surface area (Å²) in [5, 5.41) is 14.5. The van der Waals surface area contributed by atoms with Crippen LogP contribution in [0.15, 0.2) is 16.9 Å². The molecule has 0 aliphatic carbocycles. The average molecular weight is 395 g/mol. The van der Waals surface area contributed by atoms with Crippen LogP contribution in [0.3, 0.4) is 0 Å². The monoisotopic (exact) mass is 395 g/mol. The topological polar surface area (TPSA) is 131 Å². The molecule has 0 radical (unpaired) electrons. The molecule has 0 saturated carbocycles. The van der Waals surface area contributed by atoms with Gasteiger partial charge in [-0.1, -0.05) is 0 Å². The fourth-order valence-corrected chi connectivity index (χ4v) is 3.32. The van der Waals surface area contributed by atoms with Crippen molar-refractivity contribution in [3.63, 3.8) is 0 Å². The molecule has 146 valence electrons. The fraction of sp³-hybridized carbons (Fsp3) is 0.412. The van der Waals surface area contributed by atoms with Crippen LogP contribution in [0.4, 0.5) is 9.80 Å². The van der Waals surface area contributed by atoms with Crippen LogP contribution in [0.25, 0.3) is 10.8 Å². The molecular weight excluding hydrogens is 374 g/mol. The van der Waals surface area contributed by atoms with E-state index in [1.54, 1.807) is 27.7 Å². The summed E-state index contributed by atoms with van der Waals surface area (Å²) in [4.78, 5) is 40.3. The molecule has 2 aromatic heterocycles. The predicted molar refractivity (Wildman–Crippen MR) is 99.0 cm³/mol. The Balaban J connectivity index is 2.17. The van der Waals surface area contributed by atoms with E-state index >= 15 is 0 Å².